The lowest BCUT2D eigenvalue weighted by Crippen LogP contribution is -2.05. The van der Waals surface area contributed by atoms with E-state index in [9.17, 15) is 0 Å². The normalized spacial score (nSPS) is 10.7. The highest BCUT2D eigenvalue weighted by Crippen LogP contribution is 2.24. The Labute approximate surface area is 131 Å². The summed E-state index contributed by atoms with van der Waals surface area (Å²) >= 11 is 0. The van der Waals surface area contributed by atoms with Crippen LogP contribution in [0.15, 0.2) is 54.7 Å². The Kier molecular flexibility index (Phi) is 3.96. The molecule has 0 aliphatic rings. The van der Waals surface area contributed by atoms with Crippen molar-refractivity contribution >= 4 is 0 Å². The van der Waals surface area contributed by atoms with Gasteiger partial charge in [0.15, 0.2) is 0 Å². The second-order valence-electron chi connectivity index (χ2n) is 5.49. The number of ether oxygens (including phenoxy) is 1. The van der Waals surface area contributed by atoms with Crippen molar-refractivity contribution in [3.05, 3.63) is 71.5 Å². The van der Waals surface area contributed by atoms with E-state index in [0.717, 1.165) is 34.9 Å². The number of methoxy groups -OCH3 is 1. The van der Waals surface area contributed by atoms with E-state index in [1.807, 2.05) is 24.4 Å². The fraction of sp³-hybridized carbons (Fsp3) is 0.211. The SMILES string of the molecule is COc1ccccc1Cn1c(C)cnc1-c1ccc(C)cc1. The smallest absolute Gasteiger partial charge is 0.140 e. The number of rotatable bonds is 4. The van der Waals surface area contributed by atoms with Crippen molar-refractivity contribution in [3.63, 3.8) is 0 Å². The Balaban J connectivity index is 2.01. The maximum Gasteiger partial charge on any atom is 0.140 e. The Morgan fingerprint density at radius 3 is 2.45 bits per heavy atom. The third-order valence-electron chi connectivity index (χ3n) is 3.89. The molecule has 0 bridgehead atoms. The quantitative estimate of drug-likeness (QED) is 0.719. The lowest BCUT2D eigenvalue weighted by Gasteiger charge is -2.13. The van der Waals surface area contributed by atoms with Crippen LogP contribution in [0.2, 0.25) is 0 Å². The standard InChI is InChI=1S/C19H20N2O/c1-14-8-10-16(11-9-14)19-20-12-15(2)21(19)13-17-6-4-5-7-18(17)22-3/h4-12H,13H2,1-3H3. The van der Waals surface area contributed by atoms with Crippen molar-refractivity contribution in [1.29, 1.82) is 0 Å². The summed E-state index contributed by atoms with van der Waals surface area (Å²) in [6, 6.07) is 16.6. The van der Waals surface area contributed by atoms with Gasteiger partial charge in [-0.2, -0.15) is 0 Å². The first kappa shape index (κ1) is 14.4. The Bertz CT molecular complexity index is 772. The highest BCUT2D eigenvalue weighted by molar-refractivity contribution is 5.57. The molecule has 22 heavy (non-hydrogen) atoms. The number of benzene rings is 2. The zero-order chi connectivity index (χ0) is 15.5. The molecule has 3 heteroatoms. The van der Waals surface area contributed by atoms with Crippen molar-refractivity contribution in [1.82, 2.24) is 9.55 Å². The summed E-state index contributed by atoms with van der Waals surface area (Å²) in [4.78, 5) is 4.59. The van der Waals surface area contributed by atoms with E-state index in [4.69, 9.17) is 4.74 Å². The number of nitrogens with zero attached hydrogens (tertiary/aromatic N) is 2. The van der Waals surface area contributed by atoms with Crippen molar-refractivity contribution in [2.24, 2.45) is 0 Å². The maximum atomic E-state index is 5.46. The van der Waals surface area contributed by atoms with Crippen LogP contribution in [0.5, 0.6) is 5.75 Å². The fourth-order valence-electron chi connectivity index (χ4n) is 2.60. The van der Waals surface area contributed by atoms with Gasteiger partial charge in [0, 0.05) is 23.0 Å². The van der Waals surface area contributed by atoms with Gasteiger partial charge in [-0.25, -0.2) is 4.98 Å². The molecule has 2 aromatic carbocycles. The van der Waals surface area contributed by atoms with Gasteiger partial charge in [-0.05, 0) is 19.9 Å². The third kappa shape index (κ3) is 2.75. The number of aromatic nitrogens is 2. The molecular formula is C19H20N2O. The Morgan fingerprint density at radius 1 is 1.00 bits per heavy atom. The molecule has 0 amide bonds. The minimum Gasteiger partial charge on any atom is -0.496 e. The molecule has 0 spiro atoms. The first-order valence-electron chi connectivity index (χ1n) is 7.40. The molecule has 1 aromatic heterocycles. The van der Waals surface area contributed by atoms with Gasteiger partial charge in [-0.3, -0.25) is 0 Å². The van der Waals surface area contributed by atoms with Crippen LogP contribution in [0.25, 0.3) is 11.4 Å². The van der Waals surface area contributed by atoms with Gasteiger partial charge in [-0.15, -0.1) is 0 Å². The Morgan fingerprint density at radius 2 is 1.73 bits per heavy atom. The van der Waals surface area contributed by atoms with E-state index in [1.54, 1.807) is 7.11 Å². The molecule has 112 valence electrons. The van der Waals surface area contributed by atoms with Crippen LogP contribution in [0, 0.1) is 13.8 Å². The van der Waals surface area contributed by atoms with Gasteiger partial charge in [0.2, 0.25) is 0 Å². The molecule has 0 saturated carbocycles. The predicted molar refractivity (Wildman–Crippen MR) is 89.2 cm³/mol. The third-order valence-corrected chi connectivity index (χ3v) is 3.89. The maximum absolute atomic E-state index is 5.46. The van der Waals surface area contributed by atoms with Gasteiger partial charge in [0.25, 0.3) is 0 Å². The number of aryl methyl sites for hydroxylation is 2. The summed E-state index contributed by atoms with van der Waals surface area (Å²) in [6.45, 7) is 4.93. The van der Waals surface area contributed by atoms with E-state index in [2.05, 4.69) is 53.7 Å². The molecule has 0 aliphatic heterocycles. The average Bonchev–Trinajstić information content (AvgIpc) is 2.90. The number of hydrogen-bond acceptors (Lipinski definition) is 2. The summed E-state index contributed by atoms with van der Waals surface area (Å²) in [7, 11) is 1.71. The first-order chi connectivity index (χ1) is 10.7. The van der Waals surface area contributed by atoms with Gasteiger partial charge in [-0.1, -0.05) is 48.0 Å². The Hall–Kier alpha value is -2.55. The van der Waals surface area contributed by atoms with Crippen molar-refractivity contribution in [3.8, 4) is 17.1 Å². The molecule has 0 N–H and O–H groups in total. The van der Waals surface area contributed by atoms with Gasteiger partial charge in [0.05, 0.1) is 13.7 Å². The van der Waals surface area contributed by atoms with Gasteiger partial charge >= 0.3 is 0 Å². The van der Waals surface area contributed by atoms with Crippen LogP contribution in [0.4, 0.5) is 0 Å². The van der Waals surface area contributed by atoms with Crippen molar-refractivity contribution < 1.29 is 4.74 Å². The first-order valence-corrected chi connectivity index (χ1v) is 7.40. The molecular weight excluding hydrogens is 272 g/mol. The van der Waals surface area contributed by atoms with Crippen LogP contribution < -0.4 is 4.74 Å². The molecule has 0 radical (unpaired) electrons. The molecule has 0 atom stereocenters. The minimum absolute atomic E-state index is 0.749. The summed E-state index contributed by atoms with van der Waals surface area (Å²) in [5, 5.41) is 0. The summed E-state index contributed by atoms with van der Waals surface area (Å²) in [6.07, 6.45) is 1.92. The molecule has 3 nitrogen and oxygen atoms in total. The lowest BCUT2D eigenvalue weighted by atomic mass is 10.1. The van der Waals surface area contributed by atoms with E-state index < -0.39 is 0 Å². The van der Waals surface area contributed by atoms with E-state index in [-0.39, 0.29) is 0 Å². The van der Waals surface area contributed by atoms with E-state index in [0.29, 0.717) is 0 Å². The second-order valence-corrected chi connectivity index (χ2v) is 5.49. The summed E-state index contributed by atoms with van der Waals surface area (Å²) < 4.78 is 7.69. The minimum atomic E-state index is 0.749. The molecule has 0 aliphatic carbocycles. The lowest BCUT2D eigenvalue weighted by molar-refractivity contribution is 0.408. The molecule has 0 unspecified atom stereocenters. The number of para-hydroxylation sites is 1. The van der Waals surface area contributed by atoms with Crippen LogP contribution in [0.3, 0.4) is 0 Å². The molecule has 3 rings (SSSR count). The zero-order valence-electron chi connectivity index (χ0n) is 13.2. The summed E-state index contributed by atoms with van der Waals surface area (Å²) in [5.74, 6) is 1.90. The van der Waals surface area contributed by atoms with Gasteiger partial charge in [0.1, 0.15) is 11.6 Å². The highest BCUT2D eigenvalue weighted by Gasteiger charge is 2.11. The predicted octanol–water partition coefficient (Wildman–Crippen LogP) is 4.22. The average molecular weight is 292 g/mol. The topological polar surface area (TPSA) is 27.1 Å². The molecule has 3 aromatic rings. The van der Waals surface area contributed by atoms with Crippen LogP contribution in [-0.2, 0) is 6.54 Å². The van der Waals surface area contributed by atoms with Crippen molar-refractivity contribution in [2.45, 2.75) is 20.4 Å². The highest BCUT2D eigenvalue weighted by atomic mass is 16.5. The number of imidazole rings is 1. The zero-order valence-corrected chi connectivity index (χ0v) is 13.2. The van der Waals surface area contributed by atoms with Crippen LogP contribution >= 0.6 is 0 Å². The van der Waals surface area contributed by atoms with Crippen LogP contribution in [0.1, 0.15) is 16.8 Å². The largest absolute Gasteiger partial charge is 0.496 e. The van der Waals surface area contributed by atoms with E-state index in [1.165, 1.54) is 5.56 Å². The molecule has 0 fully saturated rings. The fourth-order valence-corrected chi connectivity index (χ4v) is 2.60. The monoisotopic (exact) mass is 292 g/mol. The summed E-state index contributed by atoms with van der Waals surface area (Å²) in [5.41, 5.74) is 4.68. The van der Waals surface area contributed by atoms with E-state index >= 15 is 0 Å². The van der Waals surface area contributed by atoms with Crippen molar-refractivity contribution in [2.75, 3.05) is 7.11 Å². The molecule has 0 saturated heterocycles. The second kappa shape index (κ2) is 6.06. The van der Waals surface area contributed by atoms with Gasteiger partial charge < -0.3 is 9.30 Å². The molecule has 1 heterocycles. The van der Waals surface area contributed by atoms with Crippen LogP contribution in [-0.4, -0.2) is 16.7 Å². The number of hydrogen-bond donors (Lipinski definition) is 0.